The molecule has 0 aromatic heterocycles. The second-order valence-corrected chi connectivity index (χ2v) is 9.87. The van der Waals surface area contributed by atoms with Gasteiger partial charge < -0.3 is 14.2 Å². The highest BCUT2D eigenvalue weighted by atomic mass is 32.3. The van der Waals surface area contributed by atoms with E-state index in [4.69, 9.17) is 23.8 Å². The van der Waals surface area contributed by atoms with Crippen LogP contribution in [-0.4, -0.2) is 53.1 Å². The molecule has 38 heavy (non-hydrogen) atoms. The quantitative estimate of drug-likeness (QED) is 0.383. The zero-order valence-corrected chi connectivity index (χ0v) is 22.4. The van der Waals surface area contributed by atoms with E-state index in [1.54, 1.807) is 0 Å². The standard InChI is InChI=1S/C16H22O3.C10H12O5S.CO2/c1-3-16(15(17)19-4-2)10-14(16)12-18-11-13-8-6-5-7-9-13;11-16(12)14-8-10(15-16)7-13-6-9-4-2-1-3-5-9;2-1-3/h5-9,14H,3-4,10-12H2,1-2H3;1-5,10H,6-8H2;/t14-,16-;10-;/m00./s1. The van der Waals surface area contributed by atoms with Crippen LogP contribution in [0.3, 0.4) is 0 Å². The summed E-state index contributed by atoms with van der Waals surface area (Å²) in [4.78, 5) is 28.2. The van der Waals surface area contributed by atoms with E-state index in [2.05, 4.69) is 8.37 Å². The number of rotatable bonds is 11. The van der Waals surface area contributed by atoms with Crippen LogP contribution in [0.5, 0.6) is 0 Å². The molecule has 1 heterocycles. The Bertz CT molecular complexity index is 1100. The van der Waals surface area contributed by atoms with Gasteiger partial charge in [0.1, 0.15) is 6.10 Å². The van der Waals surface area contributed by atoms with E-state index in [1.165, 1.54) is 5.56 Å². The molecule has 0 amide bonds. The highest BCUT2D eigenvalue weighted by Gasteiger charge is 2.59. The molecule has 2 fully saturated rings. The zero-order valence-electron chi connectivity index (χ0n) is 21.6. The lowest BCUT2D eigenvalue weighted by Crippen LogP contribution is -2.22. The maximum absolute atomic E-state index is 11.9. The second-order valence-electron chi connectivity index (χ2n) is 8.63. The van der Waals surface area contributed by atoms with E-state index >= 15 is 0 Å². The fraction of sp³-hybridized carbons (Fsp3) is 0.481. The van der Waals surface area contributed by atoms with Crippen LogP contribution in [0.25, 0.3) is 0 Å². The zero-order chi connectivity index (χ0) is 27.9. The molecule has 1 aliphatic carbocycles. The van der Waals surface area contributed by atoms with Crippen LogP contribution in [0.15, 0.2) is 60.7 Å². The summed E-state index contributed by atoms with van der Waals surface area (Å²) < 4.78 is 46.8. The number of esters is 1. The number of ether oxygens (including phenoxy) is 3. The molecule has 10 nitrogen and oxygen atoms in total. The minimum atomic E-state index is -3.77. The predicted molar refractivity (Wildman–Crippen MR) is 134 cm³/mol. The van der Waals surface area contributed by atoms with Crippen molar-refractivity contribution in [1.29, 1.82) is 0 Å². The fourth-order valence-electron chi connectivity index (χ4n) is 3.93. The first kappa shape index (κ1) is 31.3. The molecular formula is C27H34O10S. The van der Waals surface area contributed by atoms with E-state index in [1.807, 2.05) is 74.5 Å². The van der Waals surface area contributed by atoms with Crippen molar-refractivity contribution in [2.24, 2.45) is 11.3 Å². The lowest BCUT2D eigenvalue weighted by Gasteiger charge is -2.13. The van der Waals surface area contributed by atoms with Gasteiger partial charge in [0.25, 0.3) is 0 Å². The molecule has 1 saturated heterocycles. The molecule has 2 aromatic carbocycles. The van der Waals surface area contributed by atoms with Crippen LogP contribution >= 0.6 is 0 Å². The van der Waals surface area contributed by atoms with Crippen molar-refractivity contribution in [2.75, 3.05) is 26.4 Å². The lowest BCUT2D eigenvalue weighted by molar-refractivity contribution is -0.191. The largest absolute Gasteiger partial charge is 0.466 e. The van der Waals surface area contributed by atoms with E-state index in [0.717, 1.165) is 18.4 Å². The highest BCUT2D eigenvalue weighted by molar-refractivity contribution is 7.82. The molecule has 2 aliphatic rings. The number of hydrogen-bond donors (Lipinski definition) is 0. The highest BCUT2D eigenvalue weighted by Crippen LogP contribution is 2.56. The van der Waals surface area contributed by atoms with Crippen molar-refractivity contribution < 1.29 is 45.4 Å². The van der Waals surface area contributed by atoms with Crippen LogP contribution in [0, 0.1) is 11.3 Å². The molecule has 11 heteroatoms. The molecule has 0 unspecified atom stereocenters. The van der Waals surface area contributed by atoms with Crippen LogP contribution in [0.1, 0.15) is 37.8 Å². The Morgan fingerprint density at radius 1 is 0.947 bits per heavy atom. The summed E-state index contributed by atoms with van der Waals surface area (Å²) in [7, 11) is -3.77. The molecule has 0 spiro atoms. The van der Waals surface area contributed by atoms with Crippen molar-refractivity contribution in [2.45, 2.75) is 46.0 Å². The smallest absolute Gasteiger partial charge is 0.400 e. The lowest BCUT2D eigenvalue weighted by atomic mass is 10.0. The van der Waals surface area contributed by atoms with E-state index < -0.39 is 16.5 Å². The molecule has 0 radical (unpaired) electrons. The summed E-state index contributed by atoms with van der Waals surface area (Å²) in [6.45, 7) is 6.27. The molecule has 1 aliphatic heterocycles. The van der Waals surface area contributed by atoms with E-state index in [0.29, 0.717) is 32.3 Å². The minimum absolute atomic E-state index is 0.0249. The van der Waals surface area contributed by atoms with Gasteiger partial charge in [-0.15, -0.1) is 0 Å². The van der Waals surface area contributed by atoms with Crippen LogP contribution < -0.4 is 0 Å². The third-order valence-electron chi connectivity index (χ3n) is 6.04. The first-order chi connectivity index (χ1) is 18.3. The van der Waals surface area contributed by atoms with E-state index in [9.17, 15) is 13.2 Å². The molecule has 2 aromatic rings. The first-order valence-electron chi connectivity index (χ1n) is 12.3. The molecule has 0 bridgehead atoms. The Kier molecular flexibility index (Phi) is 13.3. The molecule has 4 rings (SSSR count). The van der Waals surface area contributed by atoms with E-state index in [-0.39, 0.29) is 30.7 Å². The number of benzene rings is 2. The SMILES string of the molecule is CCOC(=O)[C@@]1(CC)C[C@H]1COCc1ccccc1.O=C=O.O=S1(=O)OC[C@H](COCc2ccccc2)O1. The Hall–Kier alpha value is -2.92. The summed E-state index contributed by atoms with van der Waals surface area (Å²) in [5.74, 6) is 0.270. The summed E-state index contributed by atoms with van der Waals surface area (Å²) in [6, 6.07) is 19.7. The summed E-state index contributed by atoms with van der Waals surface area (Å²) in [6.07, 6.45) is 1.45. The van der Waals surface area contributed by atoms with Crippen LogP contribution in [-0.2, 0) is 60.6 Å². The second kappa shape index (κ2) is 16.1. The topological polar surface area (TPSA) is 132 Å². The Balaban J connectivity index is 0.000000245. The van der Waals surface area contributed by atoms with Crippen LogP contribution in [0.2, 0.25) is 0 Å². The minimum Gasteiger partial charge on any atom is -0.466 e. The van der Waals surface area contributed by atoms with Gasteiger partial charge >= 0.3 is 22.5 Å². The Labute approximate surface area is 223 Å². The summed E-state index contributed by atoms with van der Waals surface area (Å²) >= 11 is 0. The third kappa shape index (κ3) is 10.4. The average molecular weight is 551 g/mol. The van der Waals surface area contributed by atoms with Crippen molar-refractivity contribution >= 4 is 22.5 Å². The number of hydrogen-bond acceptors (Lipinski definition) is 10. The monoisotopic (exact) mass is 550 g/mol. The van der Waals surface area contributed by atoms with Gasteiger partial charge in [-0.25, -0.2) is 8.37 Å². The molecule has 3 atom stereocenters. The molecule has 0 N–H and O–H groups in total. The van der Waals surface area contributed by atoms with Gasteiger partial charge in [-0.05, 0) is 36.8 Å². The Morgan fingerprint density at radius 3 is 1.92 bits per heavy atom. The Morgan fingerprint density at radius 2 is 1.47 bits per heavy atom. The van der Waals surface area contributed by atoms with Gasteiger partial charge in [0, 0.05) is 0 Å². The van der Waals surface area contributed by atoms with Crippen molar-refractivity contribution in [1.82, 2.24) is 0 Å². The fourth-order valence-corrected chi connectivity index (χ4v) is 4.75. The van der Waals surface area contributed by atoms with Gasteiger partial charge in [0.05, 0.1) is 45.1 Å². The first-order valence-corrected chi connectivity index (χ1v) is 13.6. The summed E-state index contributed by atoms with van der Waals surface area (Å²) in [5.41, 5.74) is 1.93. The predicted octanol–water partition coefficient (Wildman–Crippen LogP) is 3.46. The number of carbonyl (C=O) groups excluding carboxylic acids is 3. The summed E-state index contributed by atoms with van der Waals surface area (Å²) in [5, 5.41) is 0. The molecule has 1 saturated carbocycles. The average Bonchev–Trinajstić information content (AvgIpc) is 3.53. The van der Waals surface area contributed by atoms with Gasteiger partial charge in [0.2, 0.25) is 0 Å². The maximum Gasteiger partial charge on any atom is 0.400 e. The normalized spacial score (nSPS) is 22.6. The molecule has 208 valence electrons. The number of carbonyl (C=O) groups is 1. The van der Waals surface area contributed by atoms with Crippen LogP contribution in [0.4, 0.5) is 0 Å². The maximum atomic E-state index is 11.9. The van der Waals surface area contributed by atoms with Crippen molar-refractivity contribution in [3.05, 3.63) is 71.8 Å². The molecular weight excluding hydrogens is 516 g/mol. The van der Waals surface area contributed by atoms with Crippen molar-refractivity contribution in [3.8, 4) is 0 Å². The van der Waals surface area contributed by atoms with Gasteiger partial charge in [-0.3, -0.25) is 4.79 Å². The van der Waals surface area contributed by atoms with Gasteiger partial charge in [-0.1, -0.05) is 67.6 Å². The van der Waals surface area contributed by atoms with Gasteiger partial charge in [-0.2, -0.15) is 18.0 Å². The van der Waals surface area contributed by atoms with Crippen molar-refractivity contribution in [3.63, 3.8) is 0 Å². The third-order valence-corrected chi connectivity index (χ3v) is 6.98. The van der Waals surface area contributed by atoms with Gasteiger partial charge in [0.15, 0.2) is 0 Å².